The van der Waals surface area contributed by atoms with E-state index in [2.05, 4.69) is 0 Å². The van der Waals surface area contributed by atoms with Crippen LogP contribution in [0.4, 0.5) is 0 Å². The van der Waals surface area contributed by atoms with Gasteiger partial charge in [0.2, 0.25) is 0 Å². The van der Waals surface area contributed by atoms with Gasteiger partial charge in [0.15, 0.2) is 0 Å². The van der Waals surface area contributed by atoms with Gasteiger partial charge in [-0.1, -0.05) is 13.8 Å². The van der Waals surface area contributed by atoms with Crippen molar-refractivity contribution in [2.24, 2.45) is 17.1 Å². The average Bonchev–Trinajstić information content (AvgIpc) is 2.55. The highest BCUT2D eigenvalue weighted by Gasteiger charge is 2.34. The molecule has 3 N–H and O–H groups in total. The lowest BCUT2D eigenvalue weighted by molar-refractivity contribution is 0.0151. The summed E-state index contributed by atoms with van der Waals surface area (Å²) in [5.41, 5.74) is 5.49. The van der Waals surface area contributed by atoms with E-state index < -0.39 is 0 Å². The van der Waals surface area contributed by atoms with Crippen molar-refractivity contribution < 1.29 is 5.11 Å². The molecule has 0 aromatic carbocycles. The second-order valence-corrected chi connectivity index (χ2v) is 5.41. The van der Waals surface area contributed by atoms with Crippen LogP contribution in [0.25, 0.3) is 0 Å². The van der Waals surface area contributed by atoms with E-state index in [0.717, 1.165) is 12.2 Å². The van der Waals surface area contributed by atoms with Crippen molar-refractivity contribution in [3.05, 3.63) is 0 Å². The van der Waals surface area contributed by atoms with Crippen molar-refractivity contribution in [3.63, 3.8) is 0 Å². The van der Waals surface area contributed by atoms with Crippen LogP contribution in [0.3, 0.4) is 0 Å². The van der Waals surface area contributed by atoms with Crippen LogP contribution < -0.4 is 5.73 Å². The van der Waals surface area contributed by atoms with Crippen LogP contribution in [-0.4, -0.2) is 29.3 Å². The largest absolute Gasteiger partial charge is 0.392 e. The number of aliphatic hydroxyl groups is 1. The maximum atomic E-state index is 9.98. The van der Waals surface area contributed by atoms with Crippen LogP contribution in [-0.2, 0) is 0 Å². The summed E-state index contributed by atoms with van der Waals surface area (Å²) in [5, 5.41) is 9.98. The highest BCUT2D eigenvalue weighted by atomic mass is 32.2. The smallest absolute Gasteiger partial charge is 0.0639 e. The number of hydrogen-bond donors (Lipinski definition) is 2. The molecule has 0 amide bonds. The zero-order valence-electron chi connectivity index (χ0n) is 7.92. The third kappa shape index (κ3) is 2.15. The van der Waals surface area contributed by atoms with Gasteiger partial charge < -0.3 is 10.8 Å². The van der Waals surface area contributed by atoms with E-state index in [0.29, 0.717) is 12.5 Å². The van der Waals surface area contributed by atoms with Crippen LogP contribution >= 0.6 is 11.8 Å². The van der Waals surface area contributed by atoms with Crippen LogP contribution in [0, 0.1) is 11.3 Å². The normalized spacial score (nSPS) is 27.5. The number of thioether (sulfide) groups is 1. The second-order valence-electron chi connectivity index (χ2n) is 4.26. The Kier molecular flexibility index (Phi) is 3.44. The summed E-state index contributed by atoms with van der Waals surface area (Å²) in [7, 11) is 0. The molecule has 0 saturated carbocycles. The Morgan fingerprint density at radius 2 is 2.33 bits per heavy atom. The molecule has 0 spiro atoms. The number of hydrogen-bond acceptors (Lipinski definition) is 3. The van der Waals surface area contributed by atoms with Crippen molar-refractivity contribution in [2.45, 2.75) is 26.4 Å². The van der Waals surface area contributed by atoms with E-state index in [1.165, 1.54) is 5.75 Å². The fourth-order valence-electron chi connectivity index (χ4n) is 1.56. The molecule has 0 aromatic rings. The van der Waals surface area contributed by atoms with Gasteiger partial charge in [0.05, 0.1) is 6.10 Å². The van der Waals surface area contributed by atoms with Crippen molar-refractivity contribution in [1.29, 1.82) is 0 Å². The molecule has 2 nitrogen and oxygen atoms in total. The van der Waals surface area contributed by atoms with E-state index in [1.54, 1.807) is 0 Å². The minimum atomic E-state index is -0.225. The molecule has 2 unspecified atom stereocenters. The van der Waals surface area contributed by atoms with Gasteiger partial charge in [-0.25, -0.2) is 0 Å². The molecule has 72 valence electrons. The number of nitrogens with two attached hydrogens (primary N) is 1. The van der Waals surface area contributed by atoms with E-state index in [4.69, 9.17) is 5.73 Å². The van der Waals surface area contributed by atoms with Crippen LogP contribution in [0.5, 0.6) is 0 Å². The fraction of sp³-hybridized carbons (Fsp3) is 1.00. The summed E-state index contributed by atoms with van der Waals surface area (Å²) in [6.07, 6.45) is 0.924. The van der Waals surface area contributed by atoms with Crippen molar-refractivity contribution in [3.8, 4) is 0 Å². The predicted octanol–water partition coefficient (Wildman–Crippen LogP) is 1.09. The Labute approximate surface area is 78.9 Å². The van der Waals surface area contributed by atoms with Crippen LogP contribution in [0.15, 0.2) is 0 Å². The Hall–Kier alpha value is 0.270. The zero-order valence-corrected chi connectivity index (χ0v) is 8.73. The maximum absolute atomic E-state index is 9.98. The number of aliphatic hydroxyl groups excluding tert-OH is 1. The molecule has 1 saturated heterocycles. The number of rotatable bonds is 3. The van der Waals surface area contributed by atoms with E-state index >= 15 is 0 Å². The van der Waals surface area contributed by atoms with Gasteiger partial charge in [-0.3, -0.25) is 0 Å². The van der Waals surface area contributed by atoms with Gasteiger partial charge in [-0.15, -0.1) is 0 Å². The van der Waals surface area contributed by atoms with Crippen molar-refractivity contribution in [2.75, 3.05) is 18.1 Å². The zero-order chi connectivity index (χ0) is 9.19. The Bertz CT molecular complexity index is 143. The lowest BCUT2D eigenvalue weighted by atomic mass is 9.79. The summed E-state index contributed by atoms with van der Waals surface area (Å²) in [4.78, 5) is 0. The minimum absolute atomic E-state index is 0.116. The van der Waals surface area contributed by atoms with Crippen LogP contribution in [0.1, 0.15) is 20.3 Å². The fourth-order valence-corrected chi connectivity index (χ4v) is 2.85. The van der Waals surface area contributed by atoms with Gasteiger partial charge in [-0.2, -0.15) is 11.8 Å². The predicted molar refractivity (Wildman–Crippen MR) is 54.3 cm³/mol. The Morgan fingerprint density at radius 1 is 1.67 bits per heavy atom. The average molecular weight is 189 g/mol. The molecule has 1 rings (SSSR count). The molecular weight excluding hydrogens is 170 g/mol. The van der Waals surface area contributed by atoms with Crippen molar-refractivity contribution in [1.82, 2.24) is 0 Å². The standard InChI is InChI=1S/C9H19NOS/c1-9(2,6-10)8(11)7-3-4-12-5-7/h7-8,11H,3-6,10H2,1-2H3. The van der Waals surface area contributed by atoms with Gasteiger partial charge >= 0.3 is 0 Å². The quantitative estimate of drug-likeness (QED) is 0.698. The van der Waals surface area contributed by atoms with Crippen molar-refractivity contribution >= 4 is 11.8 Å². The van der Waals surface area contributed by atoms with E-state index in [9.17, 15) is 5.11 Å². The summed E-state index contributed by atoms with van der Waals surface area (Å²) >= 11 is 1.94. The summed E-state index contributed by atoms with van der Waals surface area (Å²) in [6, 6.07) is 0. The first-order chi connectivity index (χ1) is 5.58. The first kappa shape index (κ1) is 10.4. The van der Waals surface area contributed by atoms with E-state index in [-0.39, 0.29) is 11.5 Å². The highest BCUT2D eigenvalue weighted by molar-refractivity contribution is 7.99. The maximum Gasteiger partial charge on any atom is 0.0639 e. The highest BCUT2D eigenvalue weighted by Crippen LogP contribution is 2.33. The van der Waals surface area contributed by atoms with E-state index in [1.807, 2.05) is 25.6 Å². The minimum Gasteiger partial charge on any atom is -0.392 e. The second kappa shape index (κ2) is 3.99. The monoisotopic (exact) mass is 189 g/mol. The SMILES string of the molecule is CC(C)(CN)C(O)C1CCSC1. The first-order valence-electron chi connectivity index (χ1n) is 4.54. The third-order valence-electron chi connectivity index (χ3n) is 2.74. The molecule has 3 heteroatoms. The van der Waals surface area contributed by atoms with Gasteiger partial charge in [-0.05, 0) is 30.4 Å². The molecule has 12 heavy (non-hydrogen) atoms. The third-order valence-corrected chi connectivity index (χ3v) is 3.93. The lowest BCUT2D eigenvalue weighted by Gasteiger charge is -2.32. The lowest BCUT2D eigenvalue weighted by Crippen LogP contribution is -2.41. The summed E-state index contributed by atoms with van der Waals surface area (Å²) in [5.74, 6) is 2.76. The molecule has 1 fully saturated rings. The summed E-state index contributed by atoms with van der Waals surface area (Å²) in [6.45, 7) is 4.65. The molecule has 1 aliphatic heterocycles. The van der Waals surface area contributed by atoms with Crippen LogP contribution in [0.2, 0.25) is 0 Å². The van der Waals surface area contributed by atoms with Gasteiger partial charge in [0, 0.05) is 5.41 Å². The Morgan fingerprint density at radius 3 is 2.75 bits per heavy atom. The molecule has 0 bridgehead atoms. The molecule has 1 heterocycles. The molecular formula is C9H19NOS. The first-order valence-corrected chi connectivity index (χ1v) is 5.69. The summed E-state index contributed by atoms with van der Waals surface area (Å²) < 4.78 is 0. The molecule has 2 atom stereocenters. The molecule has 0 aromatic heterocycles. The molecule has 0 radical (unpaired) electrons. The molecule has 1 aliphatic rings. The Balaban J connectivity index is 2.50. The van der Waals surface area contributed by atoms with Gasteiger partial charge in [0.25, 0.3) is 0 Å². The topological polar surface area (TPSA) is 46.2 Å². The molecule has 0 aliphatic carbocycles. The van der Waals surface area contributed by atoms with Gasteiger partial charge in [0.1, 0.15) is 0 Å².